The molecular formula is C11H9N5S2. The Morgan fingerprint density at radius 1 is 1.39 bits per heavy atom. The molecule has 0 atom stereocenters. The van der Waals surface area contributed by atoms with Crippen LogP contribution in [-0.4, -0.2) is 24.5 Å². The Morgan fingerprint density at radius 3 is 3.00 bits per heavy atom. The standard InChI is InChI=1S/C11H9N5S2/c1-6-4-18-8-7(6)14-5-15-10(8)16-3-2-13-11(16)9(12)17/h2-5H,1H3,(H2,12,17). The smallest absolute Gasteiger partial charge is 0.173 e. The lowest BCUT2D eigenvalue weighted by atomic mass is 10.3. The molecule has 18 heavy (non-hydrogen) atoms. The first-order chi connectivity index (χ1) is 8.68. The van der Waals surface area contributed by atoms with Crippen molar-refractivity contribution in [2.45, 2.75) is 6.92 Å². The van der Waals surface area contributed by atoms with Gasteiger partial charge in [-0.3, -0.25) is 4.57 Å². The van der Waals surface area contributed by atoms with E-state index in [2.05, 4.69) is 20.3 Å². The third kappa shape index (κ3) is 1.59. The summed E-state index contributed by atoms with van der Waals surface area (Å²) in [5, 5.41) is 2.06. The van der Waals surface area contributed by atoms with Crippen LogP contribution in [0.5, 0.6) is 0 Å². The van der Waals surface area contributed by atoms with Gasteiger partial charge < -0.3 is 5.73 Å². The Balaban J connectivity index is 2.32. The molecule has 0 aliphatic heterocycles. The molecular weight excluding hydrogens is 266 g/mol. The SMILES string of the molecule is Cc1csc2c(-n3ccnc3C(N)=S)ncnc12. The van der Waals surface area contributed by atoms with Crippen LogP contribution in [0.15, 0.2) is 24.1 Å². The van der Waals surface area contributed by atoms with Crippen LogP contribution in [-0.2, 0) is 0 Å². The molecule has 0 saturated carbocycles. The van der Waals surface area contributed by atoms with Gasteiger partial charge in [0.25, 0.3) is 0 Å². The molecule has 0 bridgehead atoms. The van der Waals surface area contributed by atoms with Crippen LogP contribution in [0.4, 0.5) is 0 Å². The Bertz CT molecular complexity index is 743. The summed E-state index contributed by atoms with van der Waals surface area (Å²) in [6.45, 7) is 2.03. The Kier molecular flexibility index (Phi) is 2.57. The monoisotopic (exact) mass is 275 g/mol. The number of nitrogens with two attached hydrogens (primary N) is 1. The molecule has 3 aromatic heterocycles. The summed E-state index contributed by atoms with van der Waals surface area (Å²) in [7, 11) is 0. The van der Waals surface area contributed by atoms with Gasteiger partial charge in [0.1, 0.15) is 11.3 Å². The molecule has 5 nitrogen and oxygen atoms in total. The van der Waals surface area contributed by atoms with E-state index >= 15 is 0 Å². The van der Waals surface area contributed by atoms with Crippen molar-refractivity contribution in [3.8, 4) is 5.82 Å². The predicted octanol–water partition coefficient (Wildman–Crippen LogP) is 1.82. The van der Waals surface area contributed by atoms with Crippen molar-refractivity contribution in [3.05, 3.63) is 35.5 Å². The molecule has 90 valence electrons. The van der Waals surface area contributed by atoms with E-state index in [1.165, 1.54) is 0 Å². The van der Waals surface area contributed by atoms with Crippen molar-refractivity contribution >= 4 is 38.8 Å². The van der Waals surface area contributed by atoms with Crippen molar-refractivity contribution in [1.29, 1.82) is 0 Å². The minimum atomic E-state index is 0.250. The fourth-order valence-corrected chi connectivity index (χ4v) is 2.92. The summed E-state index contributed by atoms with van der Waals surface area (Å²) < 4.78 is 2.80. The first-order valence-corrected chi connectivity index (χ1v) is 6.49. The van der Waals surface area contributed by atoms with E-state index in [1.54, 1.807) is 34.6 Å². The second-order valence-electron chi connectivity index (χ2n) is 3.78. The van der Waals surface area contributed by atoms with E-state index in [-0.39, 0.29) is 4.99 Å². The average molecular weight is 275 g/mol. The molecule has 3 heterocycles. The van der Waals surface area contributed by atoms with Gasteiger partial charge >= 0.3 is 0 Å². The van der Waals surface area contributed by atoms with Crippen LogP contribution in [0.1, 0.15) is 11.4 Å². The number of aromatic nitrogens is 4. The molecule has 3 aromatic rings. The number of nitrogens with zero attached hydrogens (tertiary/aromatic N) is 4. The van der Waals surface area contributed by atoms with E-state index in [1.807, 2.05) is 6.92 Å². The quantitative estimate of drug-likeness (QED) is 0.722. The van der Waals surface area contributed by atoms with Gasteiger partial charge in [0.15, 0.2) is 11.6 Å². The number of fused-ring (bicyclic) bond motifs is 1. The number of thiophene rings is 1. The minimum absolute atomic E-state index is 0.250. The summed E-state index contributed by atoms with van der Waals surface area (Å²) >= 11 is 6.59. The third-order valence-corrected chi connectivity index (χ3v) is 3.87. The maximum Gasteiger partial charge on any atom is 0.173 e. The molecule has 0 aromatic carbocycles. The van der Waals surface area contributed by atoms with Gasteiger partial charge in [-0.15, -0.1) is 11.3 Å². The number of rotatable bonds is 2. The Hall–Kier alpha value is -1.86. The molecule has 0 amide bonds. The van der Waals surface area contributed by atoms with Crippen LogP contribution in [0, 0.1) is 6.92 Å². The van der Waals surface area contributed by atoms with Crippen LogP contribution in [0.3, 0.4) is 0 Å². The lowest BCUT2D eigenvalue weighted by Crippen LogP contribution is -2.16. The summed E-state index contributed by atoms with van der Waals surface area (Å²) in [6.07, 6.45) is 4.99. The summed E-state index contributed by atoms with van der Waals surface area (Å²) in [5.74, 6) is 1.30. The zero-order valence-electron chi connectivity index (χ0n) is 9.49. The summed E-state index contributed by atoms with van der Waals surface area (Å²) in [5.41, 5.74) is 7.74. The fraction of sp³-hybridized carbons (Fsp3) is 0.0909. The normalized spacial score (nSPS) is 10.9. The zero-order valence-corrected chi connectivity index (χ0v) is 11.1. The van der Waals surface area contributed by atoms with Crippen molar-refractivity contribution in [2.24, 2.45) is 5.73 Å². The molecule has 0 saturated heterocycles. The highest BCUT2D eigenvalue weighted by molar-refractivity contribution is 7.80. The second-order valence-corrected chi connectivity index (χ2v) is 5.10. The van der Waals surface area contributed by atoms with Crippen LogP contribution in [0.2, 0.25) is 0 Å². The highest BCUT2D eigenvalue weighted by atomic mass is 32.1. The molecule has 7 heteroatoms. The number of thiocarbonyl (C=S) groups is 1. The highest BCUT2D eigenvalue weighted by Crippen LogP contribution is 2.28. The van der Waals surface area contributed by atoms with Gasteiger partial charge in [-0.25, -0.2) is 15.0 Å². The molecule has 0 aliphatic rings. The van der Waals surface area contributed by atoms with E-state index in [4.69, 9.17) is 18.0 Å². The van der Waals surface area contributed by atoms with Crippen LogP contribution >= 0.6 is 23.6 Å². The second kappa shape index (κ2) is 4.11. The lowest BCUT2D eigenvalue weighted by Gasteiger charge is -2.06. The average Bonchev–Trinajstić information content (AvgIpc) is 2.96. The van der Waals surface area contributed by atoms with Gasteiger partial charge in [0.05, 0.1) is 10.2 Å². The maximum atomic E-state index is 5.65. The highest BCUT2D eigenvalue weighted by Gasteiger charge is 2.14. The van der Waals surface area contributed by atoms with Gasteiger partial charge in [0.2, 0.25) is 0 Å². The summed E-state index contributed by atoms with van der Waals surface area (Å²) in [6, 6.07) is 0. The molecule has 0 aliphatic carbocycles. The third-order valence-electron chi connectivity index (χ3n) is 2.60. The molecule has 0 unspecified atom stereocenters. The molecule has 0 fully saturated rings. The molecule has 0 radical (unpaired) electrons. The number of hydrogen-bond acceptors (Lipinski definition) is 5. The van der Waals surface area contributed by atoms with E-state index in [9.17, 15) is 0 Å². The molecule has 0 spiro atoms. The van der Waals surface area contributed by atoms with Gasteiger partial charge in [-0.05, 0) is 17.9 Å². The van der Waals surface area contributed by atoms with Crippen molar-refractivity contribution in [3.63, 3.8) is 0 Å². The van der Waals surface area contributed by atoms with Gasteiger partial charge in [0, 0.05) is 12.4 Å². The number of imidazole rings is 1. The number of hydrogen-bond donors (Lipinski definition) is 1. The fourth-order valence-electron chi connectivity index (χ4n) is 1.79. The lowest BCUT2D eigenvalue weighted by molar-refractivity contribution is 0.981. The van der Waals surface area contributed by atoms with Gasteiger partial charge in [-0.1, -0.05) is 12.2 Å². The molecule has 2 N–H and O–H groups in total. The Morgan fingerprint density at radius 2 is 2.22 bits per heavy atom. The van der Waals surface area contributed by atoms with Crippen molar-refractivity contribution in [1.82, 2.24) is 19.5 Å². The Labute approximate surface area is 112 Å². The predicted molar refractivity (Wildman–Crippen MR) is 75.2 cm³/mol. The number of aryl methyl sites for hydroxylation is 1. The minimum Gasteiger partial charge on any atom is -0.387 e. The van der Waals surface area contributed by atoms with E-state index < -0.39 is 0 Å². The van der Waals surface area contributed by atoms with Crippen LogP contribution in [0.25, 0.3) is 16.0 Å². The van der Waals surface area contributed by atoms with Crippen molar-refractivity contribution in [2.75, 3.05) is 0 Å². The summed E-state index contributed by atoms with van der Waals surface area (Å²) in [4.78, 5) is 13.0. The first kappa shape index (κ1) is 11.2. The van der Waals surface area contributed by atoms with Crippen LogP contribution < -0.4 is 5.73 Å². The van der Waals surface area contributed by atoms with Gasteiger partial charge in [-0.2, -0.15) is 0 Å². The van der Waals surface area contributed by atoms with Crippen molar-refractivity contribution < 1.29 is 0 Å². The zero-order chi connectivity index (χ0) is 12.7. The topological polar surface area (TPSA) is 69.6 Å². The largest absolute Gasteiger partial charge is 0.387 e. The molecule has 3 rings (SSSR count). The first-order valence-electron chi connectivity index (χ1n) is 5.21. The van der Waals surface area contributed by atoms with E-state index in [0.29, 0.717) is 5.82 Å². The maximum absolute atomic E-state index is 5.65. The van der Waals surface area contributed by atoms with E-state index in [0.717, 1.165) is 21.6 Å².